The van der Waals surface area contributed by atoms with Gasteiger partial charge in [0.05, 0.1) is 19.3 Å². The van der Waals surface area contributed by atoms with Crippen molar-refractivity contribution in [3.05, 3.63) is 57.8 Å². The molecule has 1 atom stereocenters. The topological polar surface area (TPSA) is 39.7 Å². The van der Waals surface area contributed by atoms with Crippen LogP contribution in [0.5, 0.6) is 0 Å². The second kappa shape index (κ2) is 8.57. The summed E-state index contributed by atoms with van der Waals surface area (Å²) in [5.74, 6) is 0. The lowest BCUT2D eigenvalue weighted by Crippen LogP contribution is -2.23. The highest BCUT2D eigenvalue weighted by molar-refractivity contribution is 7.10. The molecule has 2 aromatic rings. The highest BCUT2D eigenvalue weighted by Gasteiger charge is 2.22. The van der Waals surface area contributed by atoms with Crippen LogP contribution in [0.15, 0.2) is 41.8 Å². The zero-order valence-corrected chi connectivity index (χ0v) is 14.2. The molecule has 1 aromatic carbocycles. The van der Waals surface area contributed by atoms with Crippen molar-refractivity contribution in [3.63, 3.8) is 0 Å². The fourth-order valence-electron chi connectivity index (χ4n) is 2.70. The van der Waals surface area contributed by atoms with E-state index in [4.69, 9.17) is 14.2 Å². The first kappa shape index (κ1) is 16.6. The summed E-state index contributed by atoms with van der Waals surface area (Å²) in [5, 5.41) is 5.60. The van der Waals surface area contributed by atoms with Crippen LogP contribution in [0.1, 0.15) is 35.3 Å². The van der Waals surface area contributed by atoms with Gasteiger partial charge in [0, 0.05) is 30.1 Å². The molecular formula is C18H23NO3S. The zero-order chi connectivity index (χ0) is 15.9. The Morgan fingerprint density at radius 2 is 2.00 bits per heavy atom. The van der Waals surface area contributed by atoms with Crippen molar-refractivity contribution in [1.29, 1.82) is 0 Å². The number of hydrogen-bond donors (Lipinski definition) is 1. The van der Waals surface area contributed by atoms with Gasteiger partial charge in [0.25, 0.3) is 0 Å². The summed E-state index contributed by atoms with van der Waals surface area (Å²) in [5.41, 5.74) is 2.35. The standard InChI is InChI=1S/C18H23NO3S/c1-2-20-16(14-6-4-3-5-7-14)12-19-13-17-15(8-11-23-17)18-21-9-10-22-18/h3-8,11,16,18-19H,2,9-10,12-13H2,1H3. The van der Waals surface area contributed by atoms with Crippen molar-refractivity contribution < 1.29 is 14.2 Å². The molecule has 0 amide bonds. The van der Waals surface area contributed by atoms with Crippen molar-refractivity contribution in [2.24, 2.45) is 0 Å². The number of nitrogens with one attached hydrogen (secondary N) is 1. The molecule has 0 radical (unpaired) electrons. The van der Waals surface area contributed by atoms with Crippen molar-refractivity contribution in [1.82, 2.24) is 5.32 Å². The zero-order valence-electron chi connectivity index (χ0n) is 13.4. The van der Waals surface area contributed by atoms with E-state index < -0.39 is 0 Å². The number of ether oxygens (including phenoxy) is 3. The van der Waals surface area contributed by atoms with Gasteiger partial charge in [-0.2, -0.15) is 0 Å². The minimum Gasteiger partial charge on any atom is -0.372 e. The molecule has 23 heavy (non-hydrogen) atoms. The second-order valence-electron chi connectivity index (χ2n) is 5.36. The quantitative estimate of drug-likeness (QED) is 0.800. The molecule has 3 rings (SSSR count). The second-order valence-corrected chi connectivity index (χ2v) is 6.36. The first-order valence-electron chi connectivity index (χ1n) is 8.05. The summed E-state index contributed by atoms with van der Waals surface area (Å²) >= 11 is 1.73. The van der Waals surface area contributed by atoms with Crippen LogP contribution in [0, 0.1) is 0 Å². The summed E-state index contributed by atoms with van der Waals surface area (Å²) in [4.78, 5) is 1.26. The largest absolute Gasteiger partial charge is 0.372 e. The van der Waals surface area contributed by atoms with Gasteiger partial charge in [-0.3, -0.25) is 0 Å². The Morgan fingerprint density at radius 3 is 2.74 bits per heavy atom. The molecule has 124 valence electrons. The van der Waals surface area contributed by atoms with E-state index in [1.165, 1.54) is 10.4 Å². The molecule has 5 heteroatoms. The predicted molar refractivity (Wildman–Crippen MR) is 91.5 cm³/mol. The van der Waals surface area contributed by atoms with Crippen molar-refractivity contribution >= 4 is 11.3 Å². The lowest BCUT2D eigenvalue weighted by molar-refractivity contribution is -0.0444. The Morgan fingerprint density at radius 1 is 1.22 bits per heavy atom. The Bertz CT molecular complexity index is 581. The molecule has 1 aliphatic heterocycles. The molecule has 0 saturated carbocycles. The van der Waals surface area contributed by atoms with E-state index in [-0.39, 0.29) is 12.4 Å². The van der Waals surface area contributed by atoms with Gasteiger partial charge in [-0.05, 0) is 23.9 Å². The highest BCUT2D eigenvalue weighted by Crippen LogP contribution is 2.29. The monoisotopic (exact) mass is 333 g/mol. The maximum absolute atomic E-state index is 5.87. The molecule has 1 N–H and O–H groups in total. The van der Waals surface area contributed by atoms with Crippen molar-refractivity contribution in [3.8, 4) is 0 Å². The van der Waals surface area contributed by atoms with E-state index in [9.17, 15) is 0 Å². The van der Waals surface area contributed by atoms with Crippen LogP contribution in [-0.4, -0.2) is 26.4 Å². The number of thiophene rings is 1. The third-order valence-corrected chi connectivity index (χ3v) is 4.75. The van der Waals surface area contributed by atoms with Crippen LogP contribution in [0.3, 0.4) is 0 Å². The Labute approximate surface area is 141 Å². The van der Waals surface area contributed by atoms with E-state index in [1.54, 1.807) is 11.3 Å². The number of rotatable bonds is 8. The maximum Gasteiger partial charge on any atom is 0.185 e. The van der Waals surface area contributed by atoms with Gasteiger partial charge >= 0.3 is 0 Å². The van der Waals surface area contributed by atoms with Gasteiger partial charge in [0.15, 0.2) is 6.29 Å². The van der Waals surface area contributed by atoms with Crippen LogP contribution < -0.4 is 5.32 Å². The van der Waals surface area contributed by atoms with E-state index in [1.807, 2.05) is 25.1 Å². The van der Waals surface area contributed by atoms with Crippen LogP contribution >= 0.6 is 11.3 Å². The first-order chi connectivity index (χ1) is 11.4. The van der Waals surface area contributed by atoms with Gasteiger partial charge in [-0.25, -0.2) is 0 Å². The molecular weight excluding hydrogens is 310 g/mol. The minimum absolute atomic E-state index is 0.0728. The summed E-state index contributed by atoms with van der Waals surface area (Å²) in [6, 6.07) is 12.4. The summed E-state index contributed by atoms with van der Waals surface area (Å²) in [6.07, 6.45) is -0.126. The normalized spacial score (nSPS) is 16.7. The van der Waals surface area contributed by atoms with E-state index in [0.29, 0.717) is 19.8 Å². The molecule has 1 aromatic heterocycles. The van der Waals surface area contributed by atoms with Crippen LogP contribution in [-0.2, 0) is 20.8 Å². The fourth-order valence-corrected chi connectivity index (χ4v) is 3.57. The van der Waals surface area contributed by atoms with Gasteiger partial charge in [-0.1, -0.05) is 30.3 Å². The smallest absolute Gasteiger partial charge is 0.185 e. The molecule has 0 spiro atoms. The summed E-state index contributed by atoms with van der Waals surface area (Å²) in [6.45, 7) is 5.66. The van der Waals surface area contributed by atoms with Crippen LogP contribution in [0.25, 0.3) is 0 Å². The van der Waals surface area contributed by atoms with Gasteiger partial charge < -0.3 is 19.5 Å². The Balaban J connectivity index is 1.56. The fraction of sp³-hybridized carbons (Fsp3) is 0.444. The molecule has 1 unspecified atom stereocenters. The van der Waals surface area contributed by atoms with E-state index in [2.05, 4.69) is 28.9 Å². The lowest BCUT2D eigenvalue weighted by Gasteiger charge is -2.18. The lowest BCUT2D eigenvalue weighted by atomic mass is 10.1. The minimum atomic E-state index is -0.199. The van der Waals surface area contributed by atoms with E-state index in [0.717, 1.165) is 18.7 Å². The summed E-state index contributed by atoms with van der Waals surface area (Å²) < 4.78 is 17.1. The molecule has 4 nitrogen and oxygen atoms in total. The van der Waals surface area contributed by atoms with Gasteiger partial charge in [0.2, 0.25) is 0 Å². The van der Waals surface area contributed by atoms with Gasteiger partial charge in [0.1, 0.15) is 0 Å². The van der Waals surface area contributed by atoms with Crippen LogP contribution in [0.4, 0.5) is 0 Å². The third-order valence-electron chi connectivity index (χ3n) is 3.81. The first-order valence-corrected chi connectivity index (χ1v) is 8.93. The highest BCUT2D eigenvalue weighted by atomic mass is 32.1. The van der Waals surface area contributed by atoms with Crippen LogP contribution in [0.2, 0.25) is 0 Å². The summed E-state index contributed by atoms with van der Waals surface area (Å²) in [7, 11) is 0. The van der Waals surface area contributed by atoms with Crippen molar-refractivity contribution in [2.45, 2.75) is 25.9 Å². The average molecular weight is 333 g/mol. The molecule has 1 fully saturated rings. The van der Waals surface area contributed by atoms with Crippen molar-refractivity contribution in [2.75, 3.05) is 26.4 Å². The molecule has 0 aliphatic carbocycles. The number of hydrogen-bond acceptors (Lipinski definition) is 5. The van der Waals surface area contributed by atoms with Gasteiger partial charge in [-0.15, -0.1) is 11.3 Å². The maximum atomic E-state index is 5.87. The SMILES string of the molecule is CCOC(CNCc1sccc1C1OCCO1)c1ccccc1. The predicted octanol–water partition coefficient (Wildman–Crippen LogP) is 3.66. The third kappa shape index (κ3) is 4.40. The Kier molecular flexibility index (Phi) is 6.19. The number of benzene rings is 1. The average Bonchev–Trinajstić information content (AvgIpc) is 3.26. The molecule has 1 saturated heterocycles. The molecule has 1 aliphatic rings. The molecule has 0 bridgehead atoms. The molecule has 2 heterocycles. The Hall–Kier alpha value is -1.24. The van der Waals surface area contributed by atoms with E-state index >= 15 is 0 Å².